The molecule has 0 fully saturated rings. The highest BCUT2D eigenvalue weighted by Crippen LogP contribution is 2.40. The third-order valence-electron chi connectivity index (χ3n) is 7.46. The molecule has 232 valence electrons. The van der Waals surface area contributed by atoms with Gasteiger partial charge in [-0.05, 0) is 62.7 Å². The molecule has 0 spiro atoms. The number of rotatable bonds is 15. The molecule has 0 aromatic heterocycles. The number of carbonyl (C=O) groups excluding carboxylic acids is 4. The molecule has 2 unspecified atom stereocenters. The lowest BCUT2D eigenvalue weighted by Crippen LogP contribution is -2.51. The number of hydrogen-bond donors (Lipinski definition) is 2. The number of nitrogens with one attached hydrogen (secondary N) is 2. The van der Waals surface area contributed by atoms with Gasteiger partial charge in [0.1, 0.15) is 18.7 Å². The number of methoxy groups -OCH3 is 1. The van der Waals surface area contributed by atoms with Crippen LogP contribution >= 0.6 is 0 Å². The number of ether oxygens (including phenoxy) is 2. The van der Waals surface area contributed by atoms with Gasteiger partial charge in [0.25, 0.3) is 0 Å². The van der Waals surface area contributed by atoms with E-state index in [0.717, 1.165) is 23.1 Å². The van der Waals surface area contributed by atoms with Gasteiger partial charge >= 0.3 is 11.9 Å². The van der Waals surface area contributed by atoms with E-state index in [1.54, 1.807) is 6.08 Å². The Labute approximate surface area is 256 Å². The lowest BCUT2D eigenvalue weighted by atomic mass is 9.72. The third-order valence-corrected chi connectivity index (χ3v) is 7.46. The Morgan fingerprint density at radius 2 is 1.77 bits per heavy atom. The van der Waals surface area contributed by atoms with E-state index in [2.05, 4.69) is 50.5 Å². The highest BCUT2D eigenvalue weighted by atomic mass is 16.5. The van der Waals surface area contributed by atoms with Gasteiger partial charge in [-0.3, -0.25) is 14.4 Å². The van der Waals surface area contributed by atoms with Crippen LogP contribution in [0.2, 0.25) is 0 Å². The van der Waals surface area contributed by atoms with E-state index in [4.69, 9.17) is 9.47 Å². The zero-order valence-corrected chi connectivity index (χ0v) is 26.3. The van der Waals surface area contributed by atoms with Crippen molar-refractivity contribution in [3.8, 4) is 0 Å². The monoisotopic (exact) mass is 590 g/mol. The molecule has 0 saturated carbocycles. The minimum atomic E-state index is -1.21. The second-order valence-electron chi connectivity index (χ2n) is 11.5. The van der Waals surface area contributed by atoms with Crippen LogP contribution in [-0.2, 0) is 35.1 Å². The first-order valence-electron chi connectivity index (χ1n) is 14.6. The molecule has 1 aromatic carbocycles. The van der Waals surface area contributed by atoms with Crippen molar-refractivity contribution in [1.82, 2.24) is 10.6 Å². The molecule has 8 nitrogen and oxygen atoms in total. The predicted octanol–water partition coefficient (Wildman–Crippen LogP) is 5.47. The summed E-state index contributed by atoms with van der Waals surface area (Å²) in [7, 11) is 1.22. The van der Waals surface area contributed by atoms with E-state index in [1.165, 1.54) is 31.1 Å². The Bertz CT molecular complexity index is 1270. The average Bonchev–Trinajstić information content (AvgIpc) is 2.96. The van der Waals surface area contributed by atoms with Crippen molar-refractivity contribution < 1.29 is 28.7 Å². The van der Waals surface area contributed by atoms with Crippen LogP contribution in [0.1, 0.15) is 65.9 Å². The number of carbonyl (C=O) groups is 4. The molecule has 0 radical (unpaired) electrons. The summed E-state index contributed by atoms with van der Waals surface area (Å²) in [6.45, 7) is 10.8. The van der Waals surface area contributed by atoms with Crippen LogP contribution in [-0.4, -0.2) is 50.1 Å². The van der Waals surface area contributed by atoms with Gasteiger partial charge in [0.2, 0.25) is 12.3 Å². The summed E-state index contributed by atoms with van der Waals surface area (Å²) in [6.07, 6.45) is 15.8. The zero-order chi connectivity index (χ0) is 31.8. The lowest BCUT2D eigenvalue weighted by molar-refractivity contribution is -0.146. The Kier molecular flexibility index (Phi) is 14.4. The standard InChI is InChI=1S/C35H46N2O6/c1-25(17-18-29-27(3)14-11-20-35(29,4)5)12-10-13-26(2)19-21-43-32(39)23-30(36-24-38)33(40)37-31(34(41)42-6)22-28-15-8-7-9-16-28/h7-10,12-13,15-19,24,30-31H,11,14,20-23H2,1-6H3,(H,36,38)(H,37,40)/b13-10+,18-17+,25-12+,26-19+. The maximum absolute atomic E-state index is 12.8. The number of allylic oxidation sites excluding steroid dienone is 9. The van der Waals surface area contributed by atoms with Crippen LogP contribution in [0, 0.1) is 5.41 Å². The summed E-state index contributed by atoms with van der Waals surface area (Å²) in [4.78, 5) is 48.7. The van der Waals surface area contributed by atoms with Gasteiger partial charge in [-0.25, -0.2) is 4.79 Å². The van der Waals surface area contributed by atoms with Crippen molar-refractivity contribution in [2.45, 2.75) is 78.8 Å². The number of benzene rings is 1. The van der Waals surface area contributed by atoms with Crippen LogP contribution in [0.15, 0.2) is 89.1 Å². The van der Waals surface area contributed by atoms with Gasteiger partial charge in [0.15, 0.2) is 0 Å². The molecule has 1 aliphatic rings. The number of amides is 2. The first-order chi connectivity index (χ1) is 20.5. The summed E-state index contributed by atoms with van der Waals surface area (Å²) in [6, 6.07) is 6.91. The zero-order valence-electron chi connectivity index (χ0n) is 26.3. The second kappa shape index (κ2) is 17.7. The molecule has 2 rings (SSSR count). The Hall–Kier alpha value is -4.20. The fraction of sp³-hybridized carbons (Fsp3) is 0.429. The maximum Gasteiger partial charge on any atom is 0.328 e. The molecule has 0 heterocycles. The van der Waals surface area contributed by atoms with E-state index < -0.39 is 36.4 Å². The van der Waals surface area contributed by atoms with Gasteiger partial charge in [0.05, 0.1) is 13.5 Å². The van der Waals surface area contributed by atoms with Crippen molar-refractivity contribution in [2.24, 2.45) is 5.41 Å². The SMILES string of the molecule is COC(=O)C(Cc1ccccc1)NC(=O)C(CC(=O)OC/C=C(C)/C=C/C=C(C)/C=C/C1=C(C)CCCC1(C)C)NC=O. The van der Waals surface area contributed by atoms with Crippen LogP contribution in [0.3, 0.4) is 0 Å². The molecule has 0 aliphatic heterocycles. The first-order valence-corrected chi connectivity index (χ1v) is 14.6. The summed E-state index contributed by atoms with van der Waals surface area (Å²) in [5.74, 6) is -2.00. The molecule has 8 heteroatoms. The molecule has 1 aliphatic carbocycles. The Balaban J connectivity index is 1.90. The number of hydrogen-bond acceptors (Lipinski definition) is 6. The summed E-state index contributed by atoms with van der Waals surface area (Å²) >= 11 is 0. The first kappa shape index (κ1) is 35.0. The van der Waals surface area contributed by atoms with Crippen LogP contribution in [0.4, 0.5) is 0 Å². The van der Waals surface area contributed by atoms with Gasteiger partial charge in [-0.15, -0.1) is 0 Å². The van der Waals surface area contributed by atoms with Gasteiger partial charge in [-0.2, -0.15) is 0 Å². The largest absolute Gasteiger partial charge is 0.467 e. The predicted molar refractivity (Wildman–Crippen MR) is 169 cm³/mol. The Morgan fingerprint density at radius 3 is 2.42 bits per heavy atom. The molecule has 2 amide bonds. The molecular weight excluding hydrogens is 544 g/mol. The molecule has 0 saturated heterocycles. The molecule has 0 bridgehead atoms. The maximum atomic E-state index is 12.8. The lowest BCUT2D eigenvalue weighted by Gasteiger charge is -2.32. The van der Waals surface area contributed by atoms with E-state index in [-0.39, 0.29) is 18.4 Å². The van der Waals surface area contributed by atoms with Crippen LogP contribution in [0.25, 0.3) is 0 Å². The van der Waals surface area contributed by atoms with Crippen molar-refractivity contribution in [1.29, 1.82) is 0 Å². The normalized spacial score (nSPS) is 17.0. The van der Waals surface area contributed by atoms with E-state index in [0.29, 0.717) is 6.41 Å². The highest BCUT2D eigenvalue weighted by Gasteiger charge is 2.28. The topological polar surface area (TPSA) is 111 Å². The van der Waals surface area contributed by atoms with Gasteiger partial charge in [-0.1, -0.05) is 91.3 Å². The number of esters is 2. The molecule has 43 heavy (non-hydrogen) atoms. The molecule has 2 N–H and O–H groups in total. The van der Waals surface area contributed by atoms with E-state index in [1.807, 2.05) is 55.5 Å². The molecular formula is C35H46N2O6. The van der Waals surface area contributed by atoms with Gasteiger partial charge in [0, 0.05) is 6.42 Å². The second-order valence-corrected chi connectivity index (χ2v) is 11.5. The Morgan fingerprint density at radius 1 is 1.05 bits per heavy atom. The summed E-state index contributed by atoms with van der Waals surface area (Å²) < 4.78 is 10.1. The fourth-order valence-corrected chi connectivity index (χ4v) is 4.96. The molecule has 1 aromatic rings. The van der Waals surface area contributed by atoms with Crippen LogP contribution in [0.5, 0.6) is 0 Å². The van der Waals surface area contributed by atoms with Crippen molar-refractivity contribution in [3.63, 3.8) is 0 Å². The average molecular weight is 591 g/mol. The van der Waals surface area contributed by atoms with Crippen molar-refractivity contribution >= 4 is 24.3 Å². The third kappa shape index (κ3) is 12.3. The van der Waals surface area contributed by atoms with E-state index in [9.17, 15) is 19.2 Å². The van der Waals surface area contributed by atoms with Crippen molar-refractivity contribution in [2.75, 3.05) is 13.7 Å². The highest BCUT2D eigenvalue weighted by molar-refractivity contribution is 5.91. The minimum absolute atomic E-state index is 0.00828. The smallest absolute Gasteiger partial charge is 0.328 e. The van der Waals surface area contributed by atoms with Crippen molar-refractivity contribution in [3.05, 3.63) is 94.6 Å². The minimum Gasteiger partial charge on any atom is -0.467 e. The van der Waals surface area contributed by atoms with E-state index >= 15 is 0 Å². The van der Waals surface area contributed by atoms with Gasteiger partial charge < -0.3 is 20.1 Å². The van der Waals surface area contributed by atoms with Crippen LogP contribution < -0.4 is 10.6 Å². The fourth-order valence-electron chi connectivity index (χ4n) is 4.96. The quantitative estimate of drug-likeness (QED) is 0.159. The molecule has 2 atom stereocenters. The summed E-state index contributed by atoms with van der Waals surface area (Å²) in [5.41, 5.74) is 5.93. The summed E-state index contributed by atoms with van der Waals surface area (Å²) in [5, 5.41) is 4.90.